The average Bonchev–Trinajstić information content (AvgIpc) is 2.86. The Bertz CT molecular complexity index is 927. The van der Waals surface area contributed by atoms with Crippen LogP contribution in [0.4, 0.5) is 11.4 Å². The normalized spacial score (nSPS) is 16.0. The van der Waals surface area contributed by atoms with Gasteiger partial charge in [-0.1, -0.05) is 34.8 Å². The zero-order valence-electron chi connectivity index (χ0n) is 12.8. The molecule has 0 aliphatic carbocycles. The van der Waals surface area contributed by atoms with Gasteiger partial charge in [0.05, 0.1) is 22.0 Å². The molecular formula is C16H13Cl3N2O3S. The van der Waals surface area contributed by atoms with Crippen molar-refractivity contribution in [2.45, 2.75) is 6.42 Å². The molecule has 3 rings (SSSR count). The van der Waals surface area contributed by atoms with Gasteiger partial charge < -0.3 is 5.32 Å². The molecule has 0 aromatic heterocycles. The number of carbonyl (C=O) groups excluding carboxylic acids is 1. The Kier molecular flexibility index (Phi) is 5.16. The first kappa shape index (κ1) is 18.3. The van der Waals surface area contributed by atoms with Crippen LogP contribution in [-0.4, -0.2) is 26.6 Å². The number of amides is 1. The van der Waals surface area contributed by atoms with Gasteiger partial charge in [-0.15, -0.1) is 0 Å². The Balaban J connectivity index is 1.91. The van der Waals surface area contributed by atoms with Crippen LogP contribution in [0.2, 0.25) is 15.1 Å². The lowest BCUT2D eigenvalue weighted by atomic mass is 10.1. The second-order valence-corrected chi connectivity index (χ2v) is 8.81. The summed E-state index contributed by atoms with van der Waals surface area (Å²) in [6, 6.07) is 9.20. The van der Waals surface area contributed by atoms with Crippen molar-refractivity contribution in [2.75, 3.05) is 21.9 Å². The van der Waals surface area contributed by atoms with Crippen LogP contribution in [0.5, 0.6) is 0 Å². The molecule has 0 saturated carbocycles. The highest BCUT2D eigenvalue weighted by Gasteiger charge is 2.29. The molecular weight excluding hydrogens is 407 g/mol. The van der Waals surface area contributed by atoms with Crippen LogP contribution in [0.25, 0.3) is 0 Å². The predicted octanol–water partition coefficient (Wildman–Crippen LogP) is 4.44. The molecule has 9 heteroatoms. The molecule has 0 unspecified atom stereocenters. The highest BCUT2D eigenvalue weighted by molar-refractivity contribution is 7.93. The first-order chi connectivity index (χ1) is 11.8. The van der Waals surface area contributed by atoms with Gasteiger partial charge in [0, 0.05) is 22.3 Å². The third kappa shape index (κ3) is 4.03. The van der Waals surface area contributed by atoms with Crippen LogP contribution >= 0.6 is 34.8 Å². The molecule has 1 aliphatic heterocycles. The molecule has 1 heterocycles. The molecule has 2 aromatic carbocycles. The fourth-order valence-corrected chi connectivity index (χ4v) is 4.88. The molecule has 0 spiro atoms. The van der Waals surface area contributed by atoms with E-state index in [0.717, 1.165) is 0 Å². The van der Waals surface area contributed by atoms with Crippen molar-refractivity contribution >= 4 is 62.1 Å². The molecule has 1 aliphatic rings. The van der Waals surface area contributed by atoms with Gasteiger partial charge >= 0.3 is 0 Å². The molecule has 132 valence electrons. The number of hydrogen-bond donors (Lipinski definition) is 1. The van der Waals surface area contributed by atoms with Crippen LogP contribution in [0.3, 0.4) is 0 Å². The predicted molar refractivity (Wildman–Crippen MR) is 102 cm³/mol. The van der Waals surface area contributed by atoms with E-state index in [1.165, 1.54) is 16.4 Å². The molecule has 5 nitrogen and oxygen atoms in total. The summed E-state index contributed by atoms with van der Waals surface area (Å²) in [5, 5.41) is 3.63. The summed E-state index contributed by atoms with van der Waals surface area (Å²) in [5.41, 5.74) is 0.992. The summed E-state index contributed by atoms with van der Waals surface area (Å²) < 4.78 is 25.4. The van der Waals surface area contributed by atoms with Gasteiger partial charge in [0.15, 0.2) is 0 Å². The van der Waals surface area contributed by atoms with Crippen molar-refractivity contribution in [3.63, 3.8) is 0 Å². The van der Waals surface area contributed by atoms with E-state index in [-0.39, 0.29) is 16.3 Å². The zero-order valence-corrected chi connectivity index (χ0v) is 15.9. The van der Waals surface area contributed by atoms with Crippen LogP contribution in [0, 0.1) is 0 Å². The van der Waals surface area contributed by atoms with E-state index in [0.29, 0.717) is 34.4 Å². The molecule has 0 radical (unpaired) electrons. The third-order valence-electron chi connectivity index (χ3n) is 3.70. The quantitative estimate of drug-likeness (QED) is 0.800. The molecule has 1 saturated heterocycles. The summed E-state index contributed by atoms with van der Waals surface area (Å²) in [7, 11) is -3.34. The summed E-state index contributed by atoms with van der Waals surface area (Å²) in [6.45, 7) is 0.384. The Hall–Kier alpha value is -1.47. The maximum Gasteiger partial charge on any atom is 0.257 e. The number of sulfonamides is 1. The van der Waals surface area contributed by atoms with Gasteiger partial charge in [-0.2, -0.15) is 0 Å². The van der Waals surface area contributed by atoms with Crippen molar-refractivity contribution in [2.24, 2.45) is 0 Å². The van der Waals surface area contributed by atoms with Crippen molar-refractivity contribution in [3.05, 3.63) is 57.0 Å². The van der Waals surface area contributed by atoms with E-state index in [4.69, 9.17) is 34.8 Å². The lowest BCUT2D eigenvalue weighted by Gasteiger charge is -2.18. The monoisotopic (exact) mass is 418 g/mol. The molecule has 1 amide bonds. The van der Waals surface area contributed by atoms with E-state index in [9.17, 15) is 13.2 Å². The minimum absolute atomic E-state index is 0.0954. The van der Waals surface area contributed by atoms with Crippen molar-refractivity contribution in [1.82, 2.24) is 0 Å². The Morgan fingerprint density at radius 1 is 1.04 bits per heavy atom. The number of rotatable bonds is 3. The SMILES string of the molecule is O=C(Nc1cc(Cl)cc(Cl)c1)c1cc(N2CCCS2(=O)=O)ccc1Cl. The summed E-state index contributed by atoms with van der Waals surface area (Å²) >= 11 is 18.0. The van der Waals surface area contributed by atoms with Gasteiger partial charge in [0.1, 0.15) is 0 Å². The first-order valence-corrected chi connectivity index (χ1v) is 10.1. The van der Waals surface area contributed by atoms with Crippen molar-refractivity contribution in [1.29, 1.82) is 0 Å². The fraction of sp³-hybridized carbons (Fsp3) is 0.188. The van der Waals surface area contributed by atoms with Crippen molar-refractivity contribution in [3.8, 4) is 0 Å². The smallest absolute Gasteiger partial charge is 0.257 e. The second-order valence-electron chi connectivity index (χ2n) is 5.52. The maximum absolute atomic E-state index is 12.5. The van der Waals surface area contributed by atoms with E-state index < -0.39 is 15.9 Å². The number of carbonyl (C=O) groups is 1. The van der Waals surface area contributed by atoms with E-state index >= 15 is 0 Å². The highest BCUT2D eigenvalue weighted by atomic mass is 35.5. The summed E-state index contributed by atoms with van der Waals surface area (Å²) in [6.07, 6.45) is 0.549. The average molecular weight is 420 g/mol. The van der Waals surface area contributed by atoms with Crippen LogP contribution in [0.1, 0.15) is 16.8 Å². The second kappa shape index (κ2) is 7.03. The van der Waals surface area contributed by atoms with Crippen LogP contribution in [0.15, 0.2) is 36.4 Å². The van der Waals surface area contributed by atoms with Crippen LogP contribution < -0.4 is 9.62 Å². The lowest BCUT2D eigenvalue weighted by Crippen LogP contribution is -2.25. The van der Waals surface area contributed by atoms with E-state index in [2.05, 4.69) is 5.32 Å². The largest absolute Gasteiger partial charge is 0.322 e. The summed E-state index contributed by atoms with van der Waals surface area (Å²) in [4.78, 5) is 12.5. The highest BCUT2D eigenvalue weighted by Crippen LogP contribution is 2.29. The number of benzene rings is 2. The molecule has 0 atom stereocenters. The minimum Gasteiger partial charge on any atom is -0.322 e. The number of halogens is 3. The van der Waals surface area contributed by atoms with E-state index in [1.807, 2.05) is 0 Å². The standard InChI is InChI=1S/C16H13Cl3N2O3S/c17-10-6-11(18)8-12(7-10)20-16(22)14-9-13(2-3-15(14)19)21-4-1-5-25(21,23)24/h2-3,6-9H,1,4-5H2,(H,20,22). The Labute approximate surface area is 160 Å². The molecule has 0 bridgehead atoms. The van der Waals surface area contributed by atoms with Gasteiger partial charge in [-0.25, -0.2) is 8.42 Å². The first-order valence-electron chi connectivity index (χ1n) is 7.34. The number of hydrogen-bond acceptors (Lipinski definition) is 3. The Morgan fingerprint density at radius 3 is 2.32 bits per heavy atom. The molecule has 1 N–H and O–H groups in total. The maximum atomic E-state index is 12.5. The summed E-state index contributed by atoms with van der Waals surface area (Å²) in [5.74, 6) is -0.389. The van der Waals surface area contributed by atoms with Gasteiger partial charge in [0.2, 0.25) is 10.0 Å². The van der Waals surface area contributed by atoms with E-state index in [1.54, 1.807) is 24.3 Å². The topological polar surface area (TPSA) is 66.5 Å². The van der Waals surface area contributed by atoms with Crippen molar-refractivity contribution < 1.29 is 13.2 Å². The lowest BCUT2D eigenvalue weighted by molar-refractivity contribution is 0.102. The van der Waals surface area contributed by atoms with Gasteiger partial charge in [0.25, 0.3) is 5.91 Å². The molecule has 25 heavy (non-hydrogen) atoms. The van der Waals surface area contributed by atoms with Crippen LogP contribution in [-0.2, 0) is 10.0 Å². The number of nitrogens with one attached hydrogen (secondary N) is 1. The fourth-order valence-electron chi connectivity index (χ4n) is 2.60. The minimum atomic E-state index is -3.34. The van der Waals surface area contributed by atoms with Gasteiger partial charge in [-0.05, 0) is 42.8 Å². The Morgan fingerprint density at radius 2 is 1.72 bits per heavy atom. The zero-order chi connectivity index (χ0) is 18.2. The number of nitrogens with zero attached hydrogens (tertiary/aromatic N) is 1. The third-order valence-corrected chi connectivity index (χ3v) is 6.34. The number of anilines is 2. The molecule has 2 aromatic rings. The van der Waals surface area contributed by atoms with Gasteiger partial charge in [-0.3, -0.25) is 9.10 Å². The molecule has 1 fully saturated rings.